The van der Waals surface area contributed by atoms with E-state index in [1.54, 1.807) is 0 Å². The second-order valence-electron chi connectivity index (χ2n) is 3.19. The molecule has 60 valence electrons. The lowest BCUT2D eigenvalue weighted by molar-refractivity contribution is 0.0951. The molecule has 1 aliphatic heterocycles. The minimum Gasteiger partial charge on any atom is -0.380 e. The van der Waals surface area contributed by atoms with E-state index in [-0.39, 0.29) is 0 Å². The summed E-state index contributed by atoms with van der Waals surface area (Å²) in [5, 5.41) is 0. The summed E-state index contributed by atoms with van der Waals surface area (Å²) in [6.45, 7) is 1.89. The number of likely N-dealkylation sites (N-methyl/N-ethyl adjacent to an activating group) is 1. The quantitative estimate of drug-likeness (QED) is 0.545. The standard InChI is InChI=1S/C8H17NO/c1-9(2)8-5-3-4-6-10-7-8/h8H,3-7H2,1-2H3. The van der Waals surface area contributed by atoms with Gasteiger partial charge in [-0.2, -0.15) is 0 Å². The van der Waals surface area contributed by atoms with Gasteiger partial charge in [-0.3, -0.25) is 0 Å². The molecule has 1 unspecified atom stereocenters. The molecule has 1 heterocycles. The van der Waals surface area contributed by atoms with Gasteiger partial charge in [0.2, 0.25) is 0 Å². The van der Waals surface area contributed by atoms with E-state index in [1.807, 2.05) is 0 Å². The lowest BCUT2D eigenvalue weighted by Crippen LogP contribution is -2.31. The molecule has 0 bridgehead atoms. The first kappa shape index (κ1) is 8.02. The van der Waals surface area contributed by atoms with Crippen LogP contribution in [-0.2, 0) is 4.74 Å². The van der Waals surface area contributed by atoms with Crippen LogP contribution in [0.25, 0.3) is 0 Å². The van der Waals surface area contributed by atoms with Gasteiger partial charge < -0.3 is 9.64 Å². The summed E-state index contributed by atoms with van der Waals surface area (Å²) >= 11 is 0. The van der Waals surface area contributed by atoms with Crippen molar-refractivity contribution in [2.24, 2.45) is 0 Å². The van der Waals surface area contributed by atoms with Crippen molar-refractivity contribution in [3.05, 3.63) is 0 Å². The maximum Gasteiger partial charge on any atom is 0.0621 e. The van der Waals surface area contributed by atoms with E-state index in [2.05, 4.69) is 19.0 Å². The summed E-state index contributed by atoms with van der Waals surface area (Å²) in [6.07, 6.45) is 3.86. The summed E-state index contributed by atoms with van der Waals surface area (Å²) in [5.74, 6) is 0. The Morgan fingerprint density at radius 2 is 2.10 bits per heavy atom. The van der Waals surface area contributed by atoms with Gasteiger partial charge in [-0.05, 0) is 33.4 Å². The highest BCUT2D eigenvalue weighted by Crippen LogP contribution is 2.10. The fourth-order valence-electron chi connectivity index (χ4n) is 1.29. The van der Waals surface area contributed by atoms with Crippen molar-refractivity contribution < 1.29 is 4.74 Å². The van der Waals surface area contributed by atoms with Crippen molar-refractivity contribution in [2.75, 3.05) is 27.3 Å². The van der Waals surface area contributed by atoms with Crippen molar-refractivity contribution in [2.45, 2.75) is 25.3 Å². The molecule has 1 aliphatic rings. The Kier molecular flexibility index (Phi) is 3.16. The molecule has 10 heavy (non-hydrogen) atoms. The molecule has 0 aliphatic carbocycles. The van der Waals surface area contributed by atoms with Crippen LogP contribution in [0.2, 0.25) is 0 Å². The highest BCUT2D eigenvalue weighted by atomic mass is 16.5. The Morgan fingerprint density at radius 1 is 1.30 bits per heavy atom. The van der Waals surface area contributed by atoms with Crippen molar-refractivity contribution >= 4 is 0 Å². The molecule has 0 spiro atoms. The third kappa shape index (κ3) is 2.27. The second kappa shape index (κ2) is 3.94. The molecule has 2 nitrogen and oxygen atoms in total. The maximum absolute atomic E-state index is 5.43. The molecule has 1 atom stereocenters. The summed E-state index contributed by atoms with van der Waals surface area (Å²) in [4.78, 5) is 2.26. The van der Waals surface area contributed by atoms with Gasteiger partial charge in [0.05, 0.1) is 6.61 Å². The van der Waals surface area contributed by atoms with Gasteiger partial charge >= 0.3 is 0 Å². The zero-order chi connectivity index (χ0) is 7.40. The predicted octanol–water partition coefficient (Wildman–Crippen LogP) is 1.12. The molecule has 0 saturated carbocycles. The van der Waals surface area contributed by atoms with Crippen LogP contribution in [0.1, 0.15) is 19.3 Å². The third-order valence-electron chi connectivity index (χ3n) is 2.12. The van der Waals surface area contributed by atoms with Gasteiger partial charge in [0, 0.05) is 12.6 Å². The summed E-state index contributed by atoms with van der Waals surface area (Å²) in [7, 11) is 4.25. The normalized spacial score (nSPS) is 28.5. The smallest absolute Gasteiger partial charge is 0.0621 e. The van der Waals surface area contributed by atoms with Crippen molar-refractivity contribution in [1.82, 2.24) is 4.90 Å². The first-order chi connectivity index (χ1) is 4.80. The number of ether oxygens (including phenoxy) is 1. The Labute approximate surface area is 63.2 Å². The molecule has 1 fully saturated rings. The summed E-state index contributed by atoms with van der Waals surface area (Å²) < 4.78 is 5.43. The van der Waals surface area contributed by atoms with Gasteiger partial charge in [-0.25, -0.2) is 0 Å². The SMILES string of the molecule is CN(C)C1CCCCOC1. The number of rotatable bonds is 1. The minimum absolute atomic E-state index is 0.655. The van der Waals surface area contributed by atoms with Crippen LogP contribution in [-0.4, -0.2) is 38.3 Å². The molecule has 2 heteroatoms. The zero-order valence-electron chi connectivity index (χ0n) is 6.97. The van der Waals surface area contributed by atoms with E-state index in [9.17, 15) is 0 Å². The van der Waals surface area contributed by atoms with E-state index >= 15 is 0 Å². The van der Waals surface area contributed by atoms with Gasteiger partial charge in [0.25, 0.3) is 0 Å². The average molecular weight is 143 g/mol. The molecule has 1 saturated heterocycles. The molecular formula is C8H17NO. The highest BCUT2D eigenvalue weighted by molar-refractivity contribution is 4.67. The van der Waals surface area contributed by atoms with E-state index in [1.165, 1.54) is 19.3 Å². The summed E-state index contributed by atoms with van der Waals surface area (Å²) in [5.41, 5.74) is 0. The Bertz CT molecular complexity index is 85.3. The zero-order valence-corrected chi connectivity index (χ0v) is 6.97. The number of nitrogens with zero attached hydrogens (tertiary/aromatic N) is 1. The highest BCUT2D eigenvalue weighted by Gasteiger charge is 2.13. The van der Waals surface area contributed by atoms with Crippen LogP contribution < -0.4 is 0 Å². The maximum atomic E-state index is 5.43. The predicted molar refractivity (Wildman–Crippen MR) is 42.1 cm³/mol. The largest absolute Gasteiger partial charge is 0.380 e. The lowest BCUT2D eigenvalue weighted by Gasteiger charge is -2.21. The van der Waals surface area contributed by atoms with E-state index < -0.39 is 0 Å². The molecule has 0 aromatic rings. The van der Waals surface area contributed by atoms with Crippen LogP contribution in [0.3, 0.4) is 0 Å². The second-order valence-corrected chi connectivity index (χ2v) is 3.19. The summed E-state index contributed by atoms with van der Waals surface area (Å²) in [6, 6.07) is 0.655. The first-order valence-corrected chi connectivity index (χ1v) is 4.05. The Balaban J connectivity index is 2.28. The molecule has 1 rings (SSSR count). The monoisotopic (exact) mass is 143 g/mol. The topological polar surface area (TPSA) is 12.5 Å². The first-order valence-electron chi connectivity index (χ1n) is 4.05. The average Bonchev–Trinajstić information content (AvgIpc) is 2.12. The van der Waals surface area contributed by atoms with Gasteiger partial charge in [-0.15, -0.1) is 0 Å². The lowest BCUT2D eigenvalue weighted by atomic mass is 10.1. The molecule has 0 amide bonds. The molecule has 0 aromatic carbocycles. The van der Waals surface area contributed by atoms with Gasteiger partial charge in [0.15, 0.2) is 0 Å². The fourth-order valence-corrected chi connectivity index (χ4v) is 1.29. The molecule has 0 N–H and O–H groups in total. The van der Waals surface area contributed by atoms with E-state index in [0.717, 1.165) is 13.2 Å². The molecular weight excluding hydrogens is 126 g/mol. The minimum atomic E-state index is 0.655. The third-order valence-corrected chi connectivity index (χ3v) is 2.12. The Hall–Kier alpha value is -0.0800. The van der Waals surface area contributed by atoms with Gasteiger partial charge in [-0.1, -0.05) is 0 Å². The fraction of sp³-hybridized carbons (Fsp3) is 1.00. The van der Waals surface area contributed by atoms with Crippen LogP contribution in [0.4, 0.5) is 0 Å². The molecule has 0 radical (unpaired) electrons. The van der Waals surface area contributed by atoms with Crippen LogP contribution in [0, 0.1) is 0 Å². The molecule has 0 aromatic heterocycles. The van der Waals surface area contributed by atoms with Crippen LogP contribution in [0.5, 0.6) is 0 Å². The van der Waals surface area contributed by atoms with E-state index in [0.29, 0.717) is 6.04 Å². The Morgan fingerprint density at radius 3 is 2.80 bits per heavy atom. The number of hydrogen-bond acceptors (Lipinski definition) is 2. The van der Waals surface area contributed by atoms with Crippen molar-refractivity contribution in [3.8, 4) is 0 Å². The van der Waals surface area contributed by atoms with Crippen LogP contribution in [0.15, 0.2) is 0 Å². The van der Waals surface area contributed by atoms with Crippen LogP contribution >= 0.6 is 0 Å². The van der Waals surface area contributed by atoms with E-state index in [4.69, 9.17) is 4.74 Å². The van der Waals surface area contributed by atoms with Crippen molar-refractivity contribution in [1.29, 1.82) is 0 Å². The van der Waals surface area contributed by atoms with Gasteiger partial charge in [0.1, 0.15) is 0 Å². The number of hydrogen-bond donors (Lipinski definition) is 0. The van der Waals surface area contributed by atoms with Crippen molar-refractivity contribution in [3.63, 3.8) is 0 Å².